The first-order valence-electron chi connectivity index (χ1n) is 8.90. The molecule has 0 spiro atoms. The smallest absolute Gasteiger partial charge is 0.343 e. The topological polar surface area (TPSA) is 81.1 Å². The molecule has 2 heterocycles. The maximum atomic E-state index is 11.1. The summed E-state index contributed by atoms with van der Waals surface area (Å²) in [7, 11) is 1.33. The standard InChI is InChI=1S/C19H23ClN2O5S/c1-13(9-14-3-5-15(6-4-14)26-10-17(23)25-2)22-7-8-27-19(24,12-22)16-11-28-18(20)21-16/h3-6,11,13,24H,7-10,12H2,1-2H3. The van der Waals surface area contributed by atoms with Gasteiger partial charge in [0.2, 0.25) is 5.79 Å². The van der Waals surface area contributed by atoms with E-state index in [0.29, 0.717) is 29.1 Å². The van der Waals surface area contributed by atoms with Crippen LogP contribution in [0.2, 0.25) is 4.47 Å². The fourth-order valence-corrected chi connectivity index (χ4v) is 3.91. The number of esters is 1. The lowest BCUT2D eigenvalue weighted by atomic mass is 10.0. The molecule has 7 nitrogen and oxygen atoms in total. The Hall–Kier alpha value is -1.71. The van der Waals surface area contributed by atoms with Gasteiger partial charge in [-0.3, -0.25) is 4.90 Å². The van der Waals surface area contributed by atoms with Crippen LogP contribution in [0.15, 0.2) is 29.6 Å². The third-order valence-corrected chi connectivity index (χ3v) is 5.65. The van der Waals surface area contributed by atoms with Gasteiger partial charge in [0.1, 0.15) is 11.4 Å². The summed E-state index contributed by atoms with van der Waals surface area (Å²) in [6, 6.07) is 7.79. The summed E-state index contributed by atoms with van der Waals surface area (Å²) >= 11 is 7.17. The molecular weight excluding hydrogens is 404 g/mol. The average molecular weight is 427 g/mol. The summed E-state index contributed by atoms with van der Waals surface area (Å²) in [5.74, 6) is -1.25. The summed E-state index contributed by atoms with van der Waals surface area (Å²) in [5.41, 5.74) is 1.58. The van der Waals surface area contributed by atoms with E-state index in [9.17, 15) is 9.90 Å². The molecule has 0 amide bonds. The molecule has 1 aliphatic rings. The minimum Gasteiger partial charge on any atom is -0.482 e. The van der Waals surface area contributed by atoms with Crippen molar-refractivity contribution in [2.75, 3.05) is 33.4 Å². The molecule has 2 unspecified atom stereocenters. The van der Waals surface area contributed by atoms with Crippen LogP contribution in [0.3, 0.4) is 0 Å². The molecule has 2 atom stereocenters. The molecule has 0 bridgehead atoms. The lowest BCUT2D eigenvalue weighted by Gasteiger charge is -2.41. The van der Waals surface area contributed by atoms with Gasteiger partial charge in [0.25, 0.3) is 0 Å². The second-order valence-corrected chi connectivity index (χ2v) is 8.09. The monoisotopic (exact) mass is 426 g/mol. The Morgan fingerprint density at radius 1 is 1.46 bits per heavy atom. The van der Waals surface area contributed by atoms with Crippen LogP contribution in [-0.2, 0) is 26.5 Å². The van der Waals surface area contributed by atoms with Crippen molar-refractivity contribution in [1.29, 1.82) is 0 Å². The van der Waals surface area contributed by atoms with Crippen LogP contribution >= 0.6 is 22.9 Å². The largest absolute Gasteiger partial charge is 0.482 e. The summed E-state index contributed by atoms with van der Waals surface area (Å²) < 4.78 is 15.9. The fraction of sp³-hybridized carbons (Fsp3) is 0.474. The van der Waals surface area contributed by atoms with Gasteiger partial charge < -0.3 is 19.3 Å². The molecule has 9 heteroatoms. The Balaban J connectivity index is 1.58. The lowest BCUT2D eigenvalue weighted by molar-refractivity contribution is -0.253. The Labute approximate surface area is 172 Å². The zero-order valence-electron chi connectivity index (χ0n) is 15.8. The van der Waals surface area contributed by atoms with Crippen molar-refractivity contribution in [3.8, 4) is 5.75 Å². The van der Waals surface area contributed by atoms with E-state index in [2.05, 4.69) is 21.5 Å². The van der Waals surface area contributed by atoms with E-state index >= 15 is 0 Å². The first-order valence-corrected chi connectivity index (χ1v) is 10.2. The molecule has 0 saturated carbocycles. The number of carbonyl (C=O) groups excluding carboxylic acids is 1. The number of thiazole rings is 1. The van der Waals surface area contributed by atoms with Gasteiger partial charge in [-0.1, -0.05) is 23.7 Å². The molecule has 1 fully saturated rings. The summed E-state index contributed by atoms with van der Waals surface area (Å²) in [6.07, 6.45) is 0.797. The Kier molecular flexibility index (Phi) is 6.90. The van der Waals surface area contributed by atoms with E-state index in [1.54, 1.807) is 5.38 Å². The number of hydrogen-bond donors (Lipinski definition) is 1. The van der Waals surface area contributed by atoms with E-state index in [4.69, 9.17) is 21.1 Å². The minimum absolute atomic E-state index is 0.112. The number of hydrogen-bond acceptors (Lipinski definition) is 8. The second kappa shape index (κ2) is 9.19. The van der Waals surface area contributed by atoms with Gasteiger partial charge in [0.15, 0.2) is 11.1 Å². The van der Waals surface area contributed by atoms with Crippen molar-refractivity contribution in [3.63, 3.8) is 0 Å². The van der Waals surface area contributed by atoms with Gasteiger partial charge in [0, 0.05) is 18.0 Å². The van der Waals surface area contributed by atoms with E-state index in [-0.39, 0.29) is 12.6 Å². The third kappa shape index (κ3) is 5.21. The molecule has 1 aromatic carbocycles. The number of nitrogens with zero attached hydrogens (tertiary/aromatic N) is 2. The molecule has 1 aliphatic heterocycles. The maximum absolute atomic E-state index is 11.1. The summed E-state index contributed by atoms with van der Waals surface area (Å²) in [6.45, 7) is 3.47. The van der Waals surface area contributed by atoms with Crippen molar-refractivity contribution in [2.45, 2.75) is 25.2 Å². The highest BCUT2D eigenvalue weighted by Crippen LogP contribution is 2.31. The van der Waals surface area contributed by atoms with Crippen LogP contribution in [0, 0.1) is 0 Å². The number of carbonyl (C=O) groups is 1. The van der Waals surface area contributed by atoms with Gasteiger partial charge in [-0.15, -0.1) is 11.3 Å². The number of morpholine rings is 1. The van der Waals surface area contributed by atoms with E-state index < -0.39 is 11.8 Å². The summed E-state index contributed by atoms with van der Waals surface area (Å²) in [4.78, 5) is 17.5. The second-order valence-electron chi connectivity index (χ2n) is 6.65. The zero-order valence-corrected chi connectivity index (χ0v) is 17.3. The van der Waals surface area contributed by atoms with Crippen molar-refractivity contribution >= 4 is 28.9 Å². The van der Waals surface area contributed by atoms with Crippen molar-refractivity contribution in [2.24, 2.45) is 0 Å². The lowest BCUT2D eigenvalue weighted by Crippen LogP contribution is -2.53. The molecule has 0 aliphatic carbocycles. The number of methoxy groups -OCH3 is 1. The first kappa shape index (κ1) is 21.0. The zero-order chi connectivity index (χ0) is 20.1. The Morgan fingerprint density at radius 3 is 2.86 bits per heavy atom. The van der Waals surface area contributed by atoms with Crippen molar-refractivity contribution in [3.05, 3.63) is 45.4 Å². The van der Waals surface area contributed by atoms with Crippen LogP contribution < -0.4 is 4.74 Å². The van der Waals surface area contributed by atoms with Gasteiger partial charge in [-0.25, -0.2) is 9.78 Å². The van der Waals surface area contributed by atoms with Crippen LogP contribution in [0.5, 0.6) is 5.75 Å². The van der Waals surface area contributed by atoms with Crippen LogP contribution in [0.1, 0.15) is 18.2 Å². The number of benzene rings is 1. The highest BCUT2D eigenvalue weighted by atomic mass is 35.5. The Bertz CT molecular complexity index is 800. The van der Waals surface area contributed by atoms with E-state index in [1.165, 1.54) is 18.4 Å². The molecule has 1 saturated heterocycles. The number of rotatable bonds is 7. The molecule has 28 heavy (non-hydrogen) atoms. The molecule has 3 rings (SSSR count). The molecule has 0 radical (unpaired) electrons. The molecule has 1 aromatic heterocycles. The molecule has 2 aromatic rings. The highest BCUT2D eigenvalue weighted by Gasteiger charge is 2.39. The third-order valence-electron chi connectivity index (χ3n) is 4.68. The minimum atomic E-state index is -1.44. The van der Waals surface area contributed by atoms with Gasteiger partial charge >= 0.3 is 5.97 Å². The highest BCUT2D eigenvalue weighted by molar-refractivity contribution is 7.13. The number of ether oxygens (including phenoxy) is 3. The molecule has 1 N–H and O–H groups in total. The van der Waals surface area contributed by atoms with Crippen molar-refractivity contribution < 1.29 is 24.1 Å². The van der Waals surface area contributed by atoms with Gasteiger partial charge in [-0.05, 0) is 31.0 Å². The first-order chi connectivity index (χ1) is 13.4. The maximum Gasteiger partial charge on any atom is 0.343 e. The normalized spacial score (nSPS) is 21.3. The van der Waals surface area contributed by atoms with Crippen LogP contribution in [0.25, 0.3) is 0 Å². The number of aliphatic hydroxyl groups is 1. The number of β-amino-alcohol motifs (C(OH)–C–C–N with tert-alkyl or cyclic N) is 1. The molecular formula is C19H23ClN2O5S. The summed E-state index contributed by atoms with van der Waals surface area (Å²) in [5, 5.41) is 12.6. The number of halogens is 1. The quantitative estimate of drug-likeness (QED) is 0.681. The Morgan fingerprint density at radius 2 is 2.21 bits per heavy atom. The predicted octanol–water partition coefficient (Wildman–Crippen LogP) is 2.46. The SMILES string of the molecule is COC(=O)COc1ccc(CC(C)N2CCOC(O)(c3csc(Cl)n3)C2)cc1. The van der Waals surface area contributed by atoms with Gasteiger partial charge in [0.05, 0.1) is 20.3 Å². The van der Waals surface area contributed by atoms with Gasteiger partial charge in [-0.2, -0.15) is 0 Å². The van der Waals surface area contributed by atoms with Crippen LogP contribution in [0.4, 0.5) is 0 Å². The average Bonchev–Trinajstić information content (AvgIpc) is 3.14. The molecule has 152 valence electrons. The predicted molar refractivity (Wildman–Crippen MR) is 106 cm³/mol. The van der Waals surface area contributed by atoms with E-state index in [0.717, 1.165) is 18.5 Å². The van der Waals surface area contributed by atoms with E-state index in [1.807, 2.05) is 24.3 Å². The van der Waals surface area contributed by atoms with Crippen molar-refractivity contribution in [1.82, 2.24) is 9.88 Å². The number of aromatic nitrogens is 1. The van der Waals surface area contributed by atoms with Crippen LogP contribution in [-0.4, -0.2) is 60.4 Å². The fourth-order valence-electron chi connectivity index (χ4n) is 3.09.